The lowest BCUT2D eigenvalue weighted by molar-refractivity contribution is 0.123. The standard InChI is InChI=1S/C11H8FNO3S/c12-8-3-1-7(2-4-8)10-11-9(16-13-10)5-6-17(11,14)15/h1-6,9,11H/t9-,11-/m1/s1. The van der Waals surface area contributed by atoms with Gasteiger partial charge in [0.1, 0.15) is 11.5 Å². The first-order chi connectivity index (χ1) is 8.08. The highest BCUT2D eigenvalue weighted by Gasteiger charge is 2.46. The molecule has 0 amide bonds. The largest absolute Gasteiger partial charge is 0.386 e. The Morgan fingerprint density at radius 3 is 2.65 bits per heavy atom. The van der Waals surface area contributed by atoms with Crippen molar-refractivity contribution in [2.75, 3.05) is 0 Å². The van der Waals surface area contributed by atoms with Gasteiger partial charge in [-0.05, 0) is 18.2 Å². The van der Waals surface area contributed by atoms with Crippen LogP contribution in [0, 0.1) is 5.82 Å². The summed E-state index contributed by atoms with van der Waals surface area (Å²) in [6, 6.07) is 5.52. The summed E-state index contributed by atoms with van der Waals surface area (Å²) in [6.07, 6.45) is 0.917. The second-order valence-electron chi connectivity index (χ2n) is 3.89. The number of nitrogens with zero attached hydrogens (tertiary/aromatic N) is 1. The molecule has 2 atom stereocenters. The smallest absolute Gasteiger partial charge is 0.184 e. The molecule has 0 spiro atoms. The third kappa shape index (κ3) is 1.56. The van der Waals surface area contributed by atoms with Gasteiger partial charge in [-0.3, -0.25) is 0 Å². The molecule has 0 radical (unpaired) electrons. The molecule has 2 aliphatic heterocycles. The molecule has 0 N–H and O–H groups in total. The molecule has 2 heterocycles. The first-order valence-electron chi connectivity index (χ1n) is 5.00. The zero-order chi connectivity index (χ0) is 12.0. The molecule has 0 fully saturated rings. The van der Waals surface area contributed by atoms with Crippen LogP contribution in [0.5, 0.6) is 0 Å². The van der Waals surface area contributed by atoms with E-state index in [2.05, 4.69) is 5.16 Å². The summed E-state index contributed by atoms with van der Waals surface area (Å²) in [4.78, 5) is 5.04. The minimum atomic E-state index is -3.36. The lowest BCUT2D eigenvalue weighted by Gasteiger charge is -2.08. The van der Waals surface area contributed by atoms with Gasteiger partial charge in [0.15, 0.2) is 21.2 Å². The average Bonchev–Trinajstić information content (AvgIpc) is 2.83. The van der Waals surface area contributed by atoms with E-state index in [4.69, 9.17) is 4.84 Å². The van der Waals surface area contributed by atoms with Gasteiger partial charge in [-0.2, -0.15) is 0 Å². The van der Waals surface area contributed by atoms with Crippen LogP contribution in [0.25, 0.3) is 0 Å². The van der Waals surface area contributed by atoms with Crippen molar-refractivity contribution in [2.24, 2.45) is 5.16 Å². The Hall–Kier alpha value is -1.69. The Kier molecular flexibility index (Phi) is 2.09. The summed E-state index contributed by atoms with van der Waals surface area (Å²) in [5.41, 5.74) is 0.895. The minimum absolute atomic E-state index is 0.333. The summed E-state index contributed by atoms with van der Waals surface area (Å²) < 4.78 is 36.3. The molecule has 88 valence electrons. The molecule has 1 aromatic rings. The first kappa shape index (κ1) is 10.5. The highest BCUT2D eigenvalue weighted by molar-refractivity contribution is 7.96. The monoisotopic (exact) mass is 253 g/mol. The number of fused-ring (bicyclic) bond motifs is 1. The van der Waals surface area contributed by atoms with Crippen molar-refractivity contribution < 1.29 is 17.6 Å². The lowest BCUT2D eigenvalue weighted by Crippen LogP contribution is -2.31. The van der Waals surface area contributed by atoms with Crippen LogP contribution in [-0.4, -0.2) is 25.5 Å². The van der Waals surface area contributed by atoms with E-state index in [0.29, 0.717) is 11.3 Å². The van der Waals surface area contributed by atoms with E-state index in [9.17, 15) is 12.8 Å². The minimum Gasteiger partial charge on any atom is -0.386 e. The predicted octanol–water partition coefficient (Wildman–Crippen LogP) is 1.24. The highest BCUT2D eigenvalue weighted by atomic mass is 32.2. The molecule has 1 aromatic carbocycles. The van der Waals surface area contributed by atoms with Crippen LogP contribution >= 0.6 is 0 Å². The maximum absolute atomic E-state index is 12.8. The number of halogens is 1. The first-order valence-corrected chi connectivity index (χ1v) is 6.61. The van der Waals surface area contributed by atoms with Gasteiger partial charge in [0.2, 0.25) is 0 Å². The molecule has 0 unspecified atom stereocenters. The highest BCUT2D eigenvalue weighted by Crippen LogP contribution is 2.30. The van der Waals surface area contributed by atoms with Crippen molar-refractivity contribution in [1.29, 1.82) is 0 Å². The van der Waals surface area contributed by atoms with Crippen LogP contribution in [0.15, 0.2) is 40.9 Å². The van der Waals surface area contributed by atoms with E-state index < -0.39 is 21.2 Å². The third-order valence-electron chi connectivity index (χ3n) is 2.79. The van der Waals surface area contributed by atoms with Crippen molar-refractivity contribution in [1.82, 2.24) is 0 Å². The van der Waals surface area contributed by atoms with E-state index in [0.717, 1.165) is 5.41 Å². The molecule has 0 aromatic heterocycles. The Morgan fingerprint density at radius 2 is 1.94 bits per heavy atom. The van der Waals surface area contributed by atoms with Crippen LogP contribution in [-0.2, 0) is 14.7 Å². The van der Waals surface area contributed by atoms with E-state index in [-0.39, 0.29) is 5.82 Å². The Bertz CT molecular complexity index is 619. The van der Waals surface area contributed by atoms with Crippen LogP contribution in [0.2, 0.25) is 0 Å². The molecule has 0 aliphatic carbocycles. The van der Waals surface area contributed by atoms with Crippen LogP contribution in [0.4, 0.5) is 4.39 Å². The van der Waals surface area contributed by atoms with Gasteiger partial charge >= 0.3 is 0 Å². The number of hydrogen-bond donors (Lipinski definition) is 0. The van der Waals surface area contributed by atoms with Gasteiger partial charge in [-0.25, -0.2) is 12.8 Å². The molecule has 17 heavy (non-hydrogen) atoms. The van der Waals surface area contributed by atoms with Gasteiger partial charge in [0.05, 0.1) is 0 Å². The van der Waals surface area contributed by atoms with Gasteiger partial charge in [-0.15, -0.1) is 0 Å². The maximum Gasteiger partial charge on any atom is 0.184 e. The molecule has 4 nitrogen and oxygen atoms in total. The Labute approximate surface area is 97.3 Å². The number of hydrogen-bond acceptors (Lipinski definition) is 4. The van der Waals surface area contributed by atoms with Crippen LogP contribution < -0.4 is 0 Å². The normalized spacial score (nSPS) is 28.6. The summed E-state index contributed by atoms with van der Waals surface area (Å²) in [5.74, 6) is -0.378. The zero-order valence-corrected chi connectivity index (χ0v) is 9.39. The quantitative estimate of drug-likeness (QED) is 0.756. The Balaban J connectivity index is 2.03. The maximum atomic E-state index is 12.8. The zero-order valence-electron chi connectivity index (χ0n) is 8.58. The van der Waals surface area contributed by atoms with Crippen LogP contribution in [0.1, 0.15) is 5.56 Å². The van der Waals surface area contributed by atoms with E-state index >= 15 is 0 Å². The fourth-order valence-corrected chi connectivity index (χ4v) is 3.52. The van der Waals surface area contributed by atoms with E-state index in [1.165, 1.54) is 30.3 Å². The lowest BCUT2D eigenvalue weighted by atomic mass is 10.0. The molecule has 3 rings (SSSR count). The van der Waals surface area contributed by atoms with Gasteiger partial charge in [0.25, 0.3) is 0 Å². The molecule has 0 saturated carbocycles. The average molecular weight is 253 g/mol. The molecule has 6 heteroatoms. The Morgan fingerprint density at radius 1 is 1.24 bits per heavy atom. The van der Waals surface area contributed by atoms with Gasteiger partial charge < -0.3 is 4.84 Å². The molecule has 0 saturated heterocycles. The predicted molar refractivity (Wildman–Crippen MR) is 59.7 cm³/mol. The number of rotatable bonds is 1. The number of sulfone groups is 1. The summed E-state index contributed by atoms with van der Waals surface area (Å²) in [7, 11) is -3.36. The molecule has 0 bridgehead atoms. The van der Waals surface area contributed by atoms with E-state index in [1.54, 1.807) is 0 Å². The second kappa shape index (κ2) is 3.40. The van der Waals surface area contributed by atoms with Crippen molar-refractivity contribution >= 4 is 15.5 Å². The third-order valence-corrected chi connectivity index (χ3v) is 4.53. The van der Waals surface area contributed by atoms with Crippen molar-refractivity contribution in [3.63, 3.8) is 0 Å². The SMILES string of the molecule is O=S1(=O)C=C[C@H]2ON=C(c3ccc(F)cc3)[C@@H]21. The second-order valence-corrected chi connectivity index (χ2v) is 5.85. The summed E-state index contributed by atoms with van der Waals surface area (Å²) in [5, 5.41) is 4.12. The van der Waals surface area contributed by atoms with Crippen molar-refractivity contribution in [3.8, 4) is 0 Å². The van der Waals surface area contributed by atoms with Crippen molar-refractivity contribution in [2.45, 2.75) is 11.4 Å². The van der Waals surface area contributed by atoms with Crippen LogP contribution in [0.3, 0.4) is 0 Å². The summed E-state index contributed by atoms with van der Waals surface area (Å²) in [6.45, 7) is 0. The van der Waals surface area contributed by atoms with Gasteiger partial charge in [0, 0.05) is 11.0 Å². The molecular formula is C11H8FNO3S. The topological polar surface area (TPSA) is 55.7 Å². The fourth-order valence-electron chi connectivity index (χ4n) is 1.97. The molecule has 2 aliphatic rings. The van der Waals surface area contributed by atoms with Gasteiger partial charge in [-0.1, -0.05) is 17.3 Å². The fraction of sp³-hybridized carbons (Fsp3) is 0.182. The van der Waals surface area contributed by atoms with Crippen molar-refractivity contribution in [3.05, 3.63) is 47.1 Å². The number of oxime groups is 1. The van der Waals surface area contributed by atoms with E-state index in [1.807, 2.05) is 0 Å². The number of benzene rings is 1. The summed E-state index contributed by atoms with van der Waals surface area (Å²) >= 11 is 0. The molecular weight excluding hydrogens is 245 g/mol.